The van der Waals surface area contributed by atoms with E-state index in [1.54, 1.807) is 13.2 Å². The number of hydrogen-bond acceptors (Lipinski definition) is 5. The predicted molar refractivity (Wildman–Crippen MR) is 149 cm³/mol. The maximum atomic E-state index is 13.2. The molecule has 37 heavy (non-hydrogen) atoms. The number of carbonyl (C=O) groups is 1. The minimum Gasteiger partial charge on any atom is -0.507 e. The SMILES string of the molecule is C=C(c1cc(C(C)C)c(OC)cc1O)N(C(=N)C(=O)NC1CCCC1)c1ccc(CN2CCCC2)cc1. The first kappa shape index (κ1) is 26.7. The van der Waals surface area contributed by atoms with Crippen LogP contribution >= 0.6 is 0 Å². The number of aromatic hydroxyl groups is 1. The molecule has 1 heterocycles. The molecule has 1 aliphatic carbocycles. The summed E-state index contributed by atoms with van der Waals surface area (Å²) in [6.07, 6.45) is 6.52. The van der Waals surface area contributed by atoms with Crippen molar-refractivity contribution in [2.24, 2.45) is 0 Å². The summed E-state index contributed by atoms with van der Waals surface area (Å²) in [5.41, 5.74) is 3.58. The molecule has 0 aromatic heterocycles. The molecule has 0 bridgehead atoms. The van der Waals surface area contributed by atoms with Gasteiger partial charge in [-0.1, -0.05) is 45.4 Å². The minimum absolute atomic E-state index is 0.00842. The summed E-state index contributed by atoms with van der Waals surface area (Å²) < 4.78 is 5.48. The van der Waals surface area contributed by atoms with Crippen molar-refractivity contribution in [3.05, 3.63) is 59.7 Å². The second kappa shape index (κ2) is 11.8. The van der Waals surface area contributed by atoms with E-state index in [0.717, 1.165) is 50.9 Å². The summed E-state index contributed by atoms with van der Waals surface area (Å²) in [6.45, 7) is 11.5. The van der Waals surface area contributed by atoms with Crippen LogP contribution < -0.4 is 15.0 Å². The Bertz CT molecular complexity index is 1130. The fraction of sp³-hybridized carbons (Fsp3) is 0.467. The molecule has 0 atom stereocenters. The summed E-state index contributed by atoms with van der Waals surface area (Å²) >= 11 is 0. The van der Waals surface area contributed by atoms with E-state index in [1.807, 2.05) is 30.3 Å². The van der Waals surface area contributed by atoms with Crippen molar-refractivity contribution in [3.8, 4) is 11.5 Å². The lowest BCUT2D eigenvalue weighted by Gasteiger charge is -2.29. The highest BCUT2D eigenvalue weighted by Gasteiger charge is 2.28. The molecule has 2 fully saturated rings. The normalized spacial score (nSPS) is 16.2. The summed E-state index contributed by atoms with van der Waals surface area (Å²) in [7, 11) is 1.58. The number of phenols is 1. The number of amidine groups is 1. The topological polar surface area (TPSA) is 88.9 Å². The van der Waals surface area contributed by atoms with E-state index < -0.39 is 5.91 Å². The van der Waals surface area contributed by atoms with Gasteiger partial charge in [0.15, 0.2) is 5.84 Å². The number of hydrogen-bond donors (Lipinski definition) is 3. The molecule has 7 nitrogen and oxygen atoms in total. The second-order valence-corrected chi connectivity index (χ2v) is 10.5. The van der Waals surface area contributed by atoms with Crippen molar-refractivity contribution in [3.63, 3.8) is 0 Å². The average molecular weight is 505 g/mol. The number of amides is 1. The largest absolute Gasteiger partial charge is 0.507 e. The van der Waals surface area contributed by atoms with Gasteiger partial charge >= 0.3 is 0 Å². The summed E-state index contributed by atoms with van der Waals surface area (Å²) in [5, 5.41) is 22.8. The van der Waals surface area contributed by atoms with Gasteiger partial charge < -0.3 is 15.2 Å². The van der Waals surface area contributed by atoms with Gasteiger partial charge in [-0.15, -0.1) is 0 Å². The Morgan fingerprint density at radius 2 is 1.81 bits per heavy atom. The van der Waals surface area contributed by atoms with Crippen molar-refractivity contribution < 1.29 is 14.6 Å². The number of nitrogens with zero attached hydrogens (tertiary/aromatic N) is 2. The number of benzene rings is 2. The number of rotatable bonds is 8. The lowest BCUT2D eigenvalue weighted by Crippen LogP contribution is -2.45. The van der Waals surface area contributed by atoms with Crippen molar-refractivity contribution in [1.29, 1.82) is 5.41 Å². The lowest BCUT2D eigenvalue weighted by molar-refractivity contribution is -0.115. The fourth-order valence-electron chi connectivity index (χ4n) is 5.36. The standard InChI is InChI=1S/C30H40N4O3/c1-20(2)25-17-26(27(35)18-28(25)37-4)21(3)34(29(31)30(36)32-23-9-5-6-10-23)24-13-11-22(12-14-24)19-33-15-7-8-16-33/h11-14,17-18,20,23,31,35H,3,5-10,15-16,19H2,1-2,4H3,(H,32,36). The minimum atomic E-state index is -0.439. The Labute approximate surface area is 220 Å². The zero-order valence-electron chi connectivity index (χ0n) is 22.3. The van der Waals surface area contributed by atoms with Gasteiger partial charge in [0.25, 0.3) is 5.91 Å². The van der Waals surface area contributed by atoms with Crippen LogP contribution in [-0.4, -0.2) is 48.0 Å². The van der Waals surface area contributed by atoms with Gasteiger partial charge in [0.2, 0.25) is 0 Å². The highest BCUT2D eigenvalue weighted by Crippen LogP contribution is 2.38. The number of nitrogens with one attached hydrogen (secondary N) is 2. The molecular weight excluding hydrogens is 464 g/mol. The highest BCUT2D eigenvalue weighted by molar-refractivity contribution is 6.44. The Hall–Kier alpha value is -3.32. The maximum Gasteiger partial charge on any atom is 0.287 e. The smallest absolute Gasteiger partial charge is 0.287 e. The van der Waals surface area contributed by atoms with Crippen LogP contribution in [0.3, 0.4) is 0 Å². The number of methoxy groups -OCH3 is 1. The first-order chi connectivity index (χ1) is 17.8. The van der Waals surface area contributed by atoms with E-state index in [4.69, 9.17) is 10.1 Å². The van der Waals surface area contributed by atoms with Crippen molar-refractivity contribution in [2.45, 2.75) is 70.9 Å². The molecule has 3 N–H and O–H groups in total. The van der Waals surface area contributed by atoms with Gasteiger partial charge in [0.1, 0.15) is 11.5 Å². The summed E-state index contributed by atoms with van der Waals surface area (Å²) in [5.74, 6) is 0.0733. The quantitative estimate of drug-likeness (QED) is 0.320. The molecule has 0 unspecified atom stereocenters. The van der Waals surface area contributed by atoms with Crippen molar-refractivity contribution in [2.75, 3.05) is 25.1 Å². The molecule has 1 saturated heterocycles. The lowest BCUT2D eigenvalue weighted by atomic mass is 9.97. The van der Waals surface area contributed by atoms with Gasteiger partial charge in [0.05, 0.1) is 12.8 Å². The zero-order valence-corrected chi connectivity index (χ0v) is 22.3. The molecule has 2 aliphatic rings. The van der Waals surface area contributed by atoms with Gasteiger partial charge in [-0.25, -0.2) is 0 Å². The molecule has 7 heteroatoms. The van der Waals surface area contributed by atoms with Gasteiger partial charge in [-0.3, -0.25) is 20.0 Å². The van der Waals surface area contributed by atoms with E-state index in [0.29, 0.717) is 22.7 Å². The van der Waals surface area contributed by atoms with Crippen LogP contribution in [0.1, 0.15) is 75.0 Å². The molecule has 0 spiro atoms. The molecular formula is C30H40N4O3. The van der Waals surface area contributed by atoms with Gasteiger partial charge in [0, 0.05) is 29.9 Å². The summed E-state index contributed by atoms with van der Waals surface area (Å²) in [4.78, 5) is 17.2. The molecule has 2 aromatic rings. The first-order valence-electron chi connectivity index (χ1n) is 13.4. The monoisotopic (exact) mass is 504 g/mol. The molecule has 4 rings (SSSR count). The third kappa shape index (κ3) is 6.16. The van der Waals surface area contributed by atoms with E-state index in [-0.39, 0.29) is 23.5 Å². The molecule has 198 valence electrons. The predicted octanol–water partition coefficient (Wildman–Crippen LogP) is 5.63. The van der Waals surface area contributed by atoms with Crippen LogP contribution in [0, 0.1) is 5.41 Å². The Morgan fingerprint density at radius 1 is 1.16 bits per heavy atom. The van der Waals surface area contributed by atoms with Gasteiger partial charge in [-0.2, -0.15) is 0 Å². The molecule has 1 saturated carbocycles. The van der Waals surface area contributed by atoms with E-state index >= 15 is 0 Å². The van der Waals surface area contributed by atoms with Crippen LogP contribution in [-0.2, 0) is 11.3 Å². The van der Waals surface area contributed by atoms with Crippen LogP contribution in [0.2, 0.25) is 0 Å². The van der Waals surface area contributed by atoms with E-state index in [9.17, 15) is 9.90 Å². The van der Waals surface area contributed by atoms with Crippen molar-refractivity contribution >= 4 is 23.1 Å². The molecule has 1 amide bonds. The maximum absolute atomic E-state index is 13.2. The average Bonchev–Trinajstić information content (AvgIpc) is 3.59. The Kier molecular flexibility index (Phi) is 8.54. The highest BCUT2D eigenvalue weighted by atomic mass is 16.5. The number of phenolic OH excluding ortho intramolecular Hbond substituents is 1. The Morgan fingerprint density at radius 3 is 2.41 bits per heavy atom. The number of ether oxygens (including phenoxy) is 1. The van der Waals surface area contributed by atoms with Crippen molar-refractivity contribution in [1.82, 2.24) is 10.2 Å². The van der Waals surface area contributed by atoms with Crippen LogP contribution in [0.4, 0.5) is 5.69 Å². The molecule has 0 radical (unpaired) electrons. The van der Waals surface area contributed by atoms with Crippen LogP contribution in [0.15, 0.2) is 43.0 Å². The summed E-state index contributed by atoms with van der Waals surface area (Å²) in [6, 6.07) is 11.5. The number of likely N-dealkylation sites (tertiary alicyclic amines) is 1. The zero-order chi connectivity index (χ0) is 26.5. The third-order valence-corrected chi connectivity index (χ3v) is 7.48. The van der Waals surface area contributed by atoms with E-state index in [2.05, 4.69) is 30.6 Å². The fourth-order valence-corrected chi connectivity index (χ4v) is 5.36. The number of anilines is 1. The molecule has 1 aliphatic heterocycles. The molecule has 2 aromatic carbocycles. The third-order valence-electron chi connectivity index (χ3n) is 7.48. The van der Waals surface area contributed by atoms with Crippen LogP contribution in [0.25, 0.3) is 5.70 Å². The number of carbonyl (C=O) groups excluding carboxylic acids is 1. The van der Waals surface area contributed by atoms with E-state index in [1.165, 1.54) is 23.3 Å². The van der Waals surface area contributed by atoms with Gasteiger partial charge in [-0.05, 0) is 74.0 Å². The second-order valence-electron chi connectivity index (χ2n) is 10.5. The Balaban J connectivity index is 1.67. The first-order valence-corrected chi connectivity index (χ1v) is 13.4. The van der Waals surface area contributed by atoms with Crippen LogP contribution in [0.5, 0.6) is 11.5 Å².